The largest absolute Gasteiger partial charge is 0.508 e. The summed E-state index contributed by atoms with van der Waals surface area (Å²) in [7, 11) is -4.63. The minimum Gasteiger partial charge on any atom is -0.484 e. The molecule has 1 aliphatic rings. The van der Waals surface area contributed by atoms with E-state index in [1.54, 1.807) is 0 Å². The van der Waals surface area contributed by atoms with Crippen molar-refractivity contribution in [2.24, 2.45) is 0 Å². The zero-order valence-electron chi connectivity index (χ0n) is 25.1. The van der Waals surface area contributed by atoms with Gasteiger partial charge in [0.05, 0.1) is 23.3 Å². The lowest BCUT2D eigenvalue weighted by Crippen LogP contribution is -2.54. The average Bonchev–Trinajstić information content (AvgIpc) is 3.00. The van der Waals surface area contributed by atoms with E-state index < -0.39 is 55.7 Å². The molecule has 3 rings (SSSR count). The second-order valence-corrected chi connectivity index (χ2v) is 12.7. The fourth-order valence-corrected chi connectivity index (χ4v) is 5.45. The Balaban J connectivity index is 1.54. The molecule has 0 aliphatic heterocycles. The van der Waals surface area contributed by atoms with Crippen LogP contribution < -0.4 is 20.1 Å². The number of carbonyl (C=O) groups excluding carboxylic acids is 3. The number of benzene rings is 2. The molecule has 0 radical (unpaired) electrons. The van der Waals surface area contributed by atoms with E-state index in [4.69, 9.17) is 51.9 Å². The highest BCUT2D eigenvalue weighted by Crippen LogP contribution is 2.36. The third-order valence-electron chi connectivity index (χ3n) is 6.91. The van der Waals surface area contributed by atoms with Crippen LogP contribution in [0.4, 0.5) is 13.6 Å². The minimum absolute atomic E-state index is 0.0235. The number of amides is 2. The lowest BCUT2D eigenvalue weighted by atomic mass is 9.77. The van der Waals surface area contributed by atoms with Crippen LogP contribution in [0.15, 0.2) is 36.4 Å². The first kappa shape index (κ1) is 38.2. The van der Waals surface area contributed by atoms with Gasteiger partial charge in [0.15, 0.2) is 13.2 Å². The van der Waals surface area contributed by atoms with Gasteiger partial charge in [-0.2, -0.15) is 0 Å². The van der Waals surface area contributed by atoms with Gasteiger partial charge in [-0.1, -0.05) is 23.2 Å². The molecule has 18 heteroatoms. The fourth-order valence-electron chi connectivity index (χ4n) is 4.85. The number of rotatable bonds is 17. The third kappa shape index (κ3) is 14.2. The topological polar surface area (TPSA) is 179 Å². The molecule has 0 saturated heterocycles. The summed E-state index contributed by atoms with van der Waals surface area (Å²) in [5, 5.41) is 5.49. The van der Waals surface area contributed by atoms with Gasteiger partial charge in [0, 0.05) is 37.1 Å². The zero-order valence-corrected chi connectivity index (χ0v) is 27.5. The SMILES string of the molecule is O=C(COc1ccc(Cl)c(F)c1)NCCCC1(NC(=O)COc2ccc(Cl)c(F)c2)CCC[C@@H](OC(=O)OCCCOP(=O)(O)O)C1. The first-order chi connectivity index (χ1) is 22.2. The van der Waals surface area contributed by atoms with E-state index >= 15 is 0 Å². The number of phosphoric acid groups is 1. The molecule has 2 atom stereocenters. The number of halogens is 4. The Hall–Kier alpha value is -3.20. The number of hydrogen-bond acceptors (Lipinski definition) is 9. The van der Waals surface area contributed by atoms with E-state index in [1.807, 2.05) is 0 Å². The summed E-state index contributed by atoms with van der Waals surface area (Å²) in [5.74, 6) is -2.13. The average molecular weight is 727 g/mol. The third-order valence-corrected chi connectivity index (χ3v) is 8.04. The van der Waals surface area contributed by atoms with Gasteiger partial charge in [-0.3, -0.25) is 14.1 Å². The lowest BCUT2D eigenvalue weighted by molar-refractivity contribution is -0.126. The number of hydrogen-bond donors (Lipinski definition) is 4. The standard InChI is InChI=1S/C29H35Cl2F2N2O11P/c30-22-7-5-19(14-24(22)32)43-17-26(36)34-11-2-10-29(35-27(37)18-44-20-6-8-23(31)25(33)15-20)9-1-4-21(16-29)46-28(38)42-12-3-13-45-47(39,40)41/h5-8,14-15,21H,1-4,9-13,16-18H2,(H,34,36)(H,35,37)(H2,39,40,41)/t21-,29?/m1/s1. The molecule has 4 N–H and O–H groups in total. The zero-order chi connectivity index (χ0) is 34.5. The van der Waals surface area contributed by atoms with E-state index in [9.17, 15) is 27.7 Å². The van der Waals surface area contributed by atoms with Gasteiger partial charge in [-0.05, 0) is 56.4 Å². The van der Waals surface area contributed by atoms with E-state index in [1.165, 1.54) is 24.3 Å². The minimum atomic E-state index is -4.63. The van der Waals surface area contributed by atoms with E-state index in [0.29, 0.717) is 32.1 Å². The number of ether oxygens (including phenoxy) is 4. The first-order valence-electron chi connectivity index (χ1n) is 14.5. The Kier molecular flexibility index (Phi) is 15.0. The van der Waals surface area contributed by atoms with Crippen LogP contribution in [0.3, 0.4) is 0 Å². The molecule has 1 saturated carbocycles. The molecule has 0 heterocycles. The highest BCUT2D eigenvalue weighted by Gasteiger charge is 2.39. The monoisotopic (exact) mass is 726 g/mol. The number of phosphoric ester groups is 1. The number of carbonyl (C=O) groups is 3. The first-order valence-corrected chi connectivity index (χ1v) is 16.8. The van der Waals surface area contributed by atoms with E-state index in [0.717, 1.165) is 12.1 Å². The maximum atomic E-state index is 13.8. The Morgan fingerprint density at radius 1 is 0.936 bits per heavy atom. The van der Waals surface area contributed by atoms with Crippen molar-refractivity contribution in [3.8, 4) is 11.5 Å². The van der Waals surface area contributed by atoms with Crippen LogP contribution >= 0.6 is 31.0 Å². The van der Waals surface area contributed by atoms with Crippen molar-refractivity contribution in [1.82, 2.24) is 10.6 Å². The Morgan fingerprint density at radius 2 is 1.55 bits per heavy atom. The molecule has 0 aromatic heterocycles. The summed E-state index contributed by atoms with van der Waals surface area (Å²) in [5.41, 5.74) is -0.867. The maximum absolute atomic E-state index is 13.8. The Bertz CT molecular complexity index is 1430. The molecule has 0 bridgehead atoms. The highest BCUT2D eigenvalue weighted by molar-refractivity contribution is 7.46. The second kappa shape index (κ2) is 18.4. The van der Waals surface area contributed by atoms with Crippen molar-refractivity contribution in [2.75, 3.05) is 33.0 Å². The molecule has 0 spiro atoms. The van der Waals surface area contributed by atoms with Crippen LogP contribution in [0.5, 0.6) is 11.5 Å². The van der Waals surface area contributed by atoms with Crippen LogP contribution in [-0.2, 0) is 28.2 Å². The fraction of sp³-hybridized carbons (Fsp3) is 0.483. The molecule has 1 fully saturated rings. The van der Waals surface area contributed by atoms with Crippen molar-refractivity contribution >= 4 is 49.0 Å². The molecule has 2 aromatic rings. The second-order valence-electron chi connectivity index (χ2n) is 10.6. The molecule has 1 unspecified atom stereocenters. The molecule has 2 amide bonds. The van der Waals surface area contributed by atoms with Gasteiger partial charge in [0.2, 0.25) is 0 Å². The molecular formula is C29H35Cl2F2N2O11P. The summed E-state index contributed by atoms with van der Waals surface area (Å²) in [4.78, 5) is 55.0. The molecule has 1 aliphatic carbocycles. The molecule has 47 heavy (non-hydrogen) atoms. The lowest BCUT2D eigenvalue weighted by Gasteiger charge is -2.41. The van der Waals surface area contributed by atoms with E-state index in [-0.39, 0.29) is 60.8 Å². The predicted octanol–water partition coefficient (Wildman–Crippen LogP) is 5.08. The summed E-state index contributed by atoms with van der Waals surface area (Å²) >= 11 is 11.3. The van der Waals surface area contributed by atoms with Crippen LogP contribution in [0.2, 0.25) is 10.0 Å². The number of nitrogens with one attached hydrogen (secondary N) is 2. The van der Waals surface area contributed by atoms with Crippen molar-refractivity contribution in [1.29, 1.82) is 0 Å². The van der Waals surface area contributed by atoms with Gasteiger partial charge in [0.1, 0.15) is 29.2 Å². The summed E-state index contributed by atoms with van der Waals surface area (Å²) < 4.78 is 63.6. The molecule has 260 valence electrons. The van der Waals surface area contributed by atoms with Crippen molar-refractivity contribution in [2.45, 2.75) is 56.6 Å². The quantitative estimate of drug-likeness (QED) is 0.0971. The highest BCUT2D eigenvalue weighted by atomic mass is 35.5. The van der Waals surface area contributed by atoms with Gasteiger partial charge in [-0.15, -0.1) is 0 Å². The van der Waals surface area contributed by atoms with Crippen LogP contribution in [-0.4, -0.2) is 72.4 Å². The normalized spacial score (nSPS) is 17.8. The predicted molar refractivity (Wildman–Crippen MR) is 164 cm³/mol. The van der Waals surface area contributed by atoms with Crippen molar-refractivity contribution in [3.05, 3.63) is 58.1 Å². The van der Waals surface area contributed by atoms with Gasteiger partial charge in [0.25, 0.3) is 11.8 Å². The van der Waals surface area contributed by atoms with Crippen LogP contribution in [0.1, 0.15) is 44.9 Å². The van der Waals surface area contributed by atoms with E-state index in [2.05, 4.69) is 15.2 Å². The van der Waals surface area contributed by atoms with Crippen LogP contribution in [0.25, 0.3) is 0 Å². The summed E-state index contributed by atoms with van der Waals surface area (Å²) in [6, 6.07) is 7.56. The molecule has 2 aromatic carbocycles. The smallest absolute Gasteiger partial charge is 0.484 e. The van der Waals surface area contributed by atoms with Crippen molar-refractivity contribution in [3.63, 3.8) is 0 Å². The molecular weight excluding hydrogens is 692 g/mol. The molecule has 13 nitrogen and oxygen atoms in total. The van der Waals surface area contributed by atoms with Crippen LogP contribution in [0, 0.1) is 11.6 Å². The Morgan fingerprint density at radius 3 is 2.15 bits per heavy atom. The van der Waals surface area contributed by atoms with Gasteiger partial charge in [-0.25, -0.2) is 18.1 Å². The summed E-state index contributed by atoms with van der Waals surface area (Å²) in [6.45, 7) is -1.13. The van der Waals surface area contributed by atoms with Gasteiger partial charge >= 0.3 is 14.0 Å². The Labute approximate surface area is 279 Å². The van der Waals surface area contributed by atoms with Crippen molar-refractivity contribution < 1.29 is 61.0 Å². The van der Waals surface area contributed by atoms with Gasteiger partial charge < -0.3 is 39.4 Å². The maximum Gasteiger partial charge on any atom is 0.508 e. The summed E-state index contributed by atoms with van der Waals surface area (Å²) in [6.07, 6.45) is 0.936.